The molecule has 0 aliphatic carbocycles. The lowest BCUT2D eigenvalue weighted by molar-refractivity contribution is 0.203. The summed E-state index contributed by atoms with van der Waals surface area (Å²) in [4.78, 5) is 2.61. The molecule has 0 radical (unpaired) electrons. The average molecular weight is 278 g/mol. The van der Waals surface area contributed by atoms with E-state index in [0.717, 1.165) is 18.8 Å². The van der Waals surface area contributed by atoms with E-state index in [9.17, 15) is 0 Å². The maximum absolute atomic E-state index is 5.68. The first-order valence-electron chi connectivity index (χ1n) is 8.00. The Balaban J connectivity index is 1.97. The summed E-state index contributed by atoms with van der Waals surface area (Å²) in [6, 6.07) is 2.83. The number of rotatable bonds is 4. The van der Waals surface area contributed by atoms with Crippen LogP contribution in [0.5, 0.6) is 0 Å². The number of nitrogens with one attached hydrogen (secondary N) is 1. The Bertz CT molecular complexity index is 405. The lowest BCUT2D eigenvalue weighted by Gasteiger charge is -2.27. The van der Waals surface area contributed by atoms with Gasteiger partial charge in [-0.25, -0.2) is 0 Å². The van der Waals surface area contributed by atoms with Crippen LogP contribution < -0.4 is 5.32 Å². The van der Waals surface area contributed by atoms with Gasteiger partial charge in [0.1, 0.15) is 5.76 Å². The van der Waals surface area contributed by atoms with Gasteiger partial charge in [0.2, 0.25) is 0 Å². The summed E-state index contributed by atoms with van der Waals surface area (Å²) in [6.07, 6.45) is 7.24. The summed E-state index contributed by atoms with van der Waals surface area (Å²) in [5.74, 6) is 1.09. The van der Waals surface area contributed by atoms with Gasteiger partial charge < -0.3 is 9.73 Å². The Kier molecular flexibility index (Phi) is 5.28. The molecule has 2 heterocycles. The molecule has 1 N–H and O–H groups in total. The SMILES string of the molecule is CC1CCCCCN1Cc1ccoc1CNC(C)(C)C. The summed E-state index contributed by atoms with van der Waals surface area (Å²) in [6.45, 7) is 12.0. The summed E-state index contributed by atoms with van der Waals surface area (Å²) < 4.78 is 5.68. The van der Waals surface area contributed by atoms with Crippen LogP contribution in [0.25, 0.3) is 0 Å². The first kappa shape index (κ1) is 15.6. The molecule has 114 valence electrons. The van der Waals surface area contributed by atoms with Gasteiger partial charge in [-0.05, 0) is 53.1 Å². The summed E-state index contributed by atoms with van der Waals surface area (Å²) in [7, 11) is 0. The molecule has 1 aliphatic rings. The van der Waals surface area contributed by atoms with Crippen LogP contribution >= 0.6 is 0 Å². The first-order chi connectivity index (χ1) is 9.46. The largest absolute Gasteiger partial charge is 0.468 e. The fourth-order valence-corrected chi connectivity index (χ4v) is 2.80. The van der Waals surface area contributed by atoms with Crippen molar-refractivity contribution < 1.29 is 4.42 Å². The van der Waals surface area contributed by atoms with Crippen molar-refractivity contribution in [2.75, 3.05) is 6.54 Å². The normalized spacial score (nSPS) is 21.9. The molecule has 1 unspecified atom stereocenters. The van der Waals surface area contributed by atoms with Crippen LogP contribution in [0.2, 0.25) is 0 Å². The van der Waals surface area contributed by atoms with Crippen LogP contribution in [0, 0.1) is 0 Å². The number of hydrogen-bond donors (Lipinski definition) is 1. The smallest absolute Gasteiger partial charge is 0.122 e. The molecule has 2 rings (SSSR count). The number of furan rings is 1. The van der Waals surface area contributed by atoms with Crippen LogP contribution in [-0.4, -0.2) is 23.0 Å². The predicted molar refractivity (Wildman–Crippen MR) is 83.6 cm³/mol. The molecule has 0 saturated carbocycles. The molecular formula is C17H30N2O. The second kappa shape index (κ2) is 6.77. The third-order valence-corrected chi connectivity index (χ3v) is 4.18. The molecule has 1 aliphatic heterocycles. The van der Waals surface area contributed by atoms with Gasteiger partial charge in [0, 0.05) is 23.7 Å². The van der Waals surface area contributed by atoms with Crippen LogP contribution in [0.4, 0.5) is 0 Å². The molecule has 0 spiro atoms. The van der Waals surface area contributed by atoms with Crippen molar-refractivity contribution in [1.82, 2.24) is 10.2 Å². The molecule has 1 fully saturated rings. The molecule has 0 aromatic carbocycles. The molecule has 3 heteroatoms. The molecule has 3 nitrogen and oxygen atoms in total. The van der Waals surface area contributed by atoms with E-state index in [0.29, 0.717) is 6.04 Å². The van der Waals surface area contributed by atoms with Crippen LogP contribution in [0.15, 0.2) is 16.7 Å². The third-order valence-electron chi connectivity index (χ3n) is 4.18. The van der Waals surface area contributed by atoms with Crippen molar-refractivity contribution in [2.24, 2.45) is 0 Å². The number of hydrogen-bond acceptors (Lipinski definition) is 3. The van der Waals surface area contributed by atoms with Gasteiger partial charge in [0.25, 0.3) is 0 Å². The van der Waals surface area contributed by atoms with Gasteiger partial charge >= 0.3 is 0 Å². The van der Waals surface area contributed by atoms with E-state index in [-0.39, 0.29) is 5.54 Å². The van der Waals surface area contributed by atoms with Gasteiger partial charge in [-0.1, -0.05) is 12.8 Å². The van der Waals surface area contributed by atoms with Crippen molar-refractivity contribution in [3.05, 3.63) is 23.7 Å². The topological polar surface area (TPSA) is 28.4 Å². The number of nitrogens with zero attached hydrogens (tertiary/aromatic N) is 1. The molecule has 0 amide bonds. The monoisotopic (exact) mass is 278 g/mol. The zero-order valence-electron chi connectivity index (χ0n) is 13.5. The average Bonchev–Trinajstić information content (AvgIpc) is 2.71. The van der Waals surface area contributed by atoms with Gasteiger partial charge in [-0.2, -0.15) is 0 Å². The predicted octanol–water partition coefficient (Wildman–Crippen LogP) is 3.93. The minimum absolute atomic E-state index is 0.125. The first-order valence-corrected chi connectivity index (χ1v) is 8.00. The Labute approximate surface area is 123 Å². The van der Waals surface area contributed by atoms with Crippen molar-refractivity contribution >= 4 is 0 Å². The molecule has 1 atom stereocenters. The molecule has 0 bridgehead atoms. The highest BCUT2D eigenvalue weighted by Crippen LogP contribution is 2.21. The molecule has 20 heavy (non-hydrogen) atoms. The third kappa shape index (κ3) is 4.64. The second-order valence-electron chi connectivity index (χ2n) is 7.14. The highest BCUT2D eigenvalue weighted by Gasteiger charge is 2.19. The Morgan fingerprint density at radius 3 is 2.85 bits per heavy atom. The zero-order chi connectivity index (χ0) is 14.6. The van der Waals surface area contributed by atoms with Crippen molar-refractivity contribution in [1.29, 1.82) is 0 Å². The van der Waals surface area contributed by atoms with E-state index in [2.05, 4.69) is 44.0 Å². The lowest BCUT2D eigenvalue weighted by Crippen LogP contribution is -2.36. The lowest BCUT2D eigenvalue weighted by atomic mass is 10.1. The van der Waals surface area contributed by atoms with E-state index in [1.165, 1.54) is 37.8 Å². The Morgan fingerprint density at radius 2 is 2.10 bits per heavy atom. The van der Waals surface area contributed by atoms with Gasteiger partial charge in [-0.15, -0.1) is 0 Å². The van der Waals surface area contributed by atoms with E-state index in [4.69, 9.17) is 4.42 Å². The highest BCUT2D eigenvalue weighted by molar-refractivity contribution is 5.17. The minimum Gasteiger partial charge on any atom is -0.468 e. The highest BCUT2D eigenvalue weighted by atomic mass is 16.3. The Morgan fingerprint density at radius 1 is 1.30 bits per heavy atom. The van der Waals surface area contributed by atoms with Gasteiger partial charge in [-0.3, -0.25) is 4.90 Å². The quantitative estimate of drug-likeness (QED) is 0.904. The van der Waals surface area contributed by atoms with E-state index in [1.807, 2.05) is 6.26 Å². The van der Waals surface area contributed by atoms with Gasteiger partial charge in [0.05, 0.1) is 12.8 Å². The van der Waals surface area contributed by atoms with Crippen LogP contribution in [0.1, 0.15) is 64.7 Å². The zero-order valence-corrected chi connectivity index (χ0v) is 13.5. The van der Waals surface area contributed by atoms with E-state index in [1.54, 1.807) is 0 Å². The fourth-order valence-electron chi connectivity index (χ4n) is 2.80. The Hall–Kier alpha value is -0.800. The summed E-state index contributed by atoms with van der Waals surface area (Å²) in [5, 5.41) is 3.51. The standard InChI is InChI=1S/C17H30N2O/c1-14-8-6-5-7-10-19(14)13-15-9-11-20-16(15)12-18-17(2,3)4/h9,11,14,18H,5-8,10,12-13H2,1-4H3. The maximum Gasteiger partial charge on any atom is 0.122 e. The van der Waals surface area contributed by atoms with Crippen LogP contribution in [0.3, 0.4) is 0 Å². The van der Waals surface area contributed by atoms with Gasteiger partial charge in [0.15, 0.2) is 0 Å². The second-order valence-corrected chi connectivity index (χ2v) is 7.14. The van der Waals surface area contributed by atoms with E-state index < -0.39 is 0 Å². The van der Waals surface area contributed by atoms with E-state index >= 15 is 0 Å². The number of likely N-dealkylation sites (tertiary alicyclic amines) is 1. The van der Waals surface area contributed by atoms with Crippen molar-refractivity contribution in [2.45, 2.75) is 78.0 Å². The maximum atomic E-state index is 5.68. The van der Waals surface area contributed by atoms with Crippen molar-refractivity contribution in [3.8, 4) is 0 Å². The molecule has 1 saturated heterocycles. The fraction of sp³-hybridized carbons (Fsp3) is 0.765. The minimum atomic E-state index is 0.125. The molecule has 1 aromatic heterocycles. The molecular weight excluding hydrogens is 248 g/mol. The molecule has 1 aromatic rings. The summed E-state index contributed by atoms with van der Waals surface area (Å²) in [5.41, 5.74) is 1.47. The van der Waals surface area contributed by atoms with Crippen molar-refractivity contribution in [3.63, 3.8) is 0 Å². The van der Waals surface area contributed by atoms with Crippen LogP contribution in [-0.2, 0) is 13.1 Å². The summed E-state index contributed by atoms with van der Waals surface area (Å²) >= 11 is 0.